The van der Waals surface area contributed by atoms with Gasteiger partial charge in [0.1, 0.15) is 17.4 Å². The molecule has 1 unspecified atom stereocenters. The number of nitrogens with one attached hydrogen (secondary N) is 1. The maximum absolute atomic E-state index is 12.1. The van der Waals surface area contributed by atoms with Gasteiger partial charge in [-0.2, -0.15) is 8.78 Å². The van der Waals surface area contributed by atoms with Gasteiger partial charge in [-0.15, -0.1) is 0 Å². The second kappa shape index (κ2) is 8.47. The van der Waals surface area contributed by atoms with E-state index in [-0.39, 0.29) is 12.2 Å². The molecule has 1 rings (SSSR count). The van der Waals surface area contributed by atoms with Crippen molar-refractivity contribution in [2.45, 2.75) is 45.4 Å². The molecule has 1 amide bonds. The van der Waals surface area contributed by atoms with Crippen molar-refractivity contribution in [2.75, 3.05) is 7.11 Å². The maximum Gasteiger partial charge on any atom is 0.408 e. The van der Waals surface area contributed by atoms with E-state index in [2.05, 4.69) is 14.8 Å². The van der Waals surface area contributed by atoms with Gasteiger partial charge < -0.3 is 19.5 Å². The molecule has 6 nitrogen and oxygen atoms in total. The lowest BCUT2D eigenvalue weighted by molar-refractivity contribution is -0.143. The lowest BCUT2D eigenvalue weighted by atomic mass is 10.1. The van der Waals surface area contributed by atoms with Gasteiger partial charge in [-0.25, -0.2) is 9.59 Å². The van der Waals surface area contributed by atoms with E-state index in [9.17, 15) is 18.4 Å². The van der Waals surface area contributed by atoms with Crippen LogP contribution >= 0.6 is 0 Å². The second-order valence-corrected chi connectivity index (χ2v) is 5.95. The number of rotatable bonds is 6. The molecule has 0 bridgehead atoms. The van der Waals surface area contributed by atoms with Crippen molar-refractivity contribution in [1.82, 2.24) is 5.32 Å². The fourth-order valence-electron chi connectivity index (χ4n) is 1.83. The highest BCUT2D eigenvalue weighted by Gasteiger charge is 2.25. The summed E-state index contributed by atoms with van der Waals surface area (Å²) in [6, 6.07) is 4.77. The molecule has 1 aromatic rings. The average molecular weight is 345 g/mol. The van der Waals surface area contributed by atoms with Crippen LogP contribution < -0.4 is 10.1 Å². The average Bonchev–Trinajstić information content (AvgIpc) is 2.45. The van der Waals surface area contributed by atoms with Gasteiger partial charge in [-0.1, -0.05) is 12.1 Å². The summed E-state index contributed by atoms with van der Waals surface area (Å²) in [6.45, 7) is 2.18. The van der Waals surface area contributed by atoms with Crippen LogP contribution in [0.1, 0.15) is 26.3 Å². The van der Waals surface area contributed by atoms with Gasteiger partial charge in [0.2, 0.25) is 0 Å². The van der Waals surface area contributed by atoms with Gasteiger partial charge >= 0.3 is 18.7 Å². The van der Waals surface area contributed by atoms with Crippen LogP contribution in [0.4, 0.5) is 13.6 Å². The molecule has 0 aliphatic carbocycles. The van der Waals surface area contributed by atoms with Crippen LogP contribution in [0.5, 0.6) is 5.75 Å². The fraction of sp³-hybridized carbons (Fsp3) is 0.500. The molecule has 0 aliphatic rings. The third-order valence-corrected chi connectivity index (χ3v) is 2.77. The van der Waals surface area contributed by atoms with Crippen LogP contribution in [-0.2, 0) is 20.7 Å². The van der Waals surface area contributed by atoms with E-state index in [1.807, 2.05) is 0 Å². The number of esters is 1. The molecular weight excluding hydrogens is 324 g/mol. The molecule has 0 saturated heterocycles. The summed E-state index contributed by atoms with van der Waals surface area (Å²) in [5.74, 6) is -0.641. The number of benzene rings is 1. The SMILES string of the molecule is COC(=O)C(Cc1ccc(OC(F)F)cc1)NC(=O)OC(C)(C)C. The van der Waals surface area contributed by atoms with Crippen LogP contribution in [0.3, 0.4) is 0 Å². The van der Waals surface area contributed by atoms with Crippen LogP contribution in [0, 0.1) is 0 Å². The van der Waals surface area contributed by atoms with E-state index in [0.29, 0.717) is 5.56 Å². The number of amides is 1. The van der Waals surface area contributed by atoms with Crippen LogP contribution in [0.25, 0.3) is 0 Å². The smallest absolute Gasteiger partial charge is 0.408 e. The van der Waals surface area contributed by atoms with Crippen molar-refractivity contribution in [1.29, 1.82) is 0 Å². The van der Waals surface area contributed by atoms with Crippen LogP contribution in [-0.4, -0.2) is 37.4 Å². The number of alkyl carbamates (subject to hydrolysis) is 1. The van der Waals surface area contributed by atoms with E-state index in [4.69, 9.17) is 4.74 Å². The van der Waals surface area contributed by atoms with Crippen molar-refractivity contribution in [3.8, 4) is 5.75 Å². The summed E-state index contributed by atoms with van der Waals surface area (Å²) in [6.07, 6.45) is -0.642. The number of hydrogen-bond donors (Lipinski definition) is 1. The largest absolute Gasteiger partial charge is 0.467 e. The molecule has 134 valence electrons. The predicted octanol–water partition coefficient (Wildman–Crippen LogP) is 2.90. The Morgan fingerprint density at radius 2 is 1.75 bits per heavy atom. The van der Waals surface area contributed by atoms with Crippen molar-refractivity contribution >= 4 is 12.1 Å². The van der Waals surface area contributed by atoms with E-state index in [0.717, 1.165) is 0 Å². The second-order valence-electron chi connectivity index (χ2n) is 5.95. The molecule has 1 aromatic carbocycles. The minimum Gasteiger partial charge on any atom is -0.467 e. The zero-order valence-corrected chi connectivity index (χ0v) is 14.0. The van der Waals surface area contributed by atoms with E-state index in [1.165, 1.54) is 31.4 Å². The summed E-state index contributed by atoms with van der Waals surface area (Å²) in [4.78, 5) is 23.6. The fourth-order valence-corrected chi connectivity index (χ4v) is 1.83. The van der Waals surface area contributed by atoms with Gasteiger partial charge in [-0.3, -0.25) is 0 Å². The monoisotopic (exact) mass is 345 g/mol. The topological polar surface area (TPSA) is 73.9 Å². The van der Waals surface area contributed by atoms with Gasteiger partial charge in [0, 0.05) is 6.42 Å². The Morgan fingerprint density at radius 3 is 2.21 bits per heavy atom. The summed E-state index contributed by atoms with van der Waals surface area (Å²) >= 11 is 0. The van der Waals surface area contributed by atoms with Crippen molar-refractivity contribution in [2.24, 2.45) is 0 Å². The molecule has 1 N–H and O–H groups in total. The molecule has 0 aliphatic heterocycles. The quantitative estimate of drug-likeness (QED) is 0.803. The molecule has 0 heterocycles. The minimum absolute atomic E-state index is 0.00321. The first-order valence-corrected chi connectivity index (χ1v) is 7.22. The first kappa shape index (κ1) is 19.7. The predicted molar refractivity (Wildman–Crippen MR) is 82.0 cm³/mol. The zero-order valence-electron chi connectivity index (χ0n) is 14.0. The minimum atomic E-state index is -2.91. The molecule has 0 fully saturated rings. The van der Waals surface area contributed by atoms with Crippen LogP contribution in [0.2, 0.25) is 0 Å². The molecule has 0 saturated carbocycles. The van der Waals surface area contributed by atoms with Gasteiger partial charge in [0.25, 0.3) is 0 Å². The summed E-state index contributed by atoms with van der Waals surface area (Å²) < 4.78 is 38.2. The normalized spacial score (nSPS) is 12.5. The van der Waals surface area contributed by atoms with Crippen molar-refractivity contribution in [3.05, 3.63) is 29.8 Å². The number of carbonyl (C=O) groups excluding carboxylic acids is 2. The Bertz CT molecular complexity index is 555. The Labute approximate surface area is 139 Å². The lowest BCUT2D eigenvalue weighted by Gasteiger charge is -2.22. The Hall–Kier alpha value is -2.38. The van der Waals surface area contributed by atoms with Crippen LogP contribution in [0.15, 0.2) is 24.3 Å². The molecule has 0 aromatic heterocycles. The van der Waals surface area contributed by atoms with Gasteiger partial charge in [0.15, 0.2) is 0 Å². The van der Waals surface area contributed by atoms with E-state index < -0.39 is 30.3 Å². The standard InChI is InChI=1S/C16H21F2NO5/c1-16(2,3)24-15(21)19-12(13(20)22-4)9-10-5-7-11(8-6-10)23-14(17)18/h5-8,12,14H,9H2,1-4H3,(H,19,21). The number of alkyl halides is 2. The first-order valence-electron chi connectivity index (χ1n) is 7.22. The summed E-state index contributed by atoms with van der Waals surface area (Å²) in [7, 11) is 1.20. The summed E-state index contributed by atoms with van der Waals surface area (Å²) in [5.41, 5.74) is -0.0815. The molecule has 1 atom stereocenters. The van der Waals surface area contributed by atoms with Gasteiger partial charge in [0.05, 0.1) is 7.11 Å². The Morgan fingerprint density at radius 1 is 1.17 bits per heavy atom. The third-order valence-electron chi connectivity index (χ3n) is 2.77. The Balaban J connectivity index is 2.75. The van der Waals surface area contributed by atoms with E-state index >= 15 is 0 Å². The van der Waals surface area contributed by atoms with Crippen molar-refractivity contribution < 1.29 is 32.6 Å². The zero-order chi connectivity index (χ0) is 18.3. The van der Waals surface area contributed by atoms with Crippen molar-refractivity contribution in [3.63, 3.8) is 0 Å². The van der Waals surface area contributed by atoms with Gasteiger partial charge in [-0.05, 0) is 38.5 Å². The lowest BCUT2D eigenvalue weighted by Crippen LogP contribution is -2.45. The highest BCUT2D eigenvalue weighted by atomic mass is 19.3. The number of carbonyl (C=O) groups is 2. The maximum atomic E-state index is 12.1. The Kier molecular flexibility index (Phi) is 6.94. The number of hydrogen-bond acceptors (Lipinski definition) is 5. The number of methoxy groups -OCH3 is 1. The molecule has 0 radical (unpaired) electrons. The number of ether oxygens (including phenoxy) is 3. The highest BCUT2D eigenvalue weighted by molar-refractivity contribution is 5.81. The molecule has 8 heteroatoms. The first-order chi connectivity index (χ1) is 11.1. The molecule has 24 heavy (non-hydrogen) atoms. The third kappa shape index (κ3) is 7.26. The molecule has 0 spiro atoms. The highest BCUT2D eigenvalue weighted by Crippen LogP contribution is 2.16. The van der Waals surface area contributed by atoms with E-state index in [1.54, 1.807) is 20.8 Å². The molecular formula is C16H21F2NO5. The number of halogens is 2. The summed E-state index contributed by atoms with van der Waals surface area (Å²) in [5, 5.41) is 2.43.